The van der Waals surface area contributed by atoms with Gasteiger partial charge in [0, 0.05) is 23.1 Å². The molecule has 0 aliphatic heterocycles. The van der Waals surface area contributed by atoms with Gasteiger partial charge in [-0.15, -0.1) is 0 Å². The molecule has 0 aliphatic rings. The van der Waals surface area contributed by atoms with Crippen molar-refractivity contribution >= 4 is 38.4 Å². The summed E-state index contributed by atoms with van der Waals surface area (Å²) in [6, 6.07) is 9.30. The molecule has 0 aliphatic carbocycles. The van der Waals surface area contributed by atoms with E-state index in [-0.39, 0.29) is 5.91 Å². The Labute approximate surface area is 130 Å². The van der Waals surface area contributed by atoms with Crippen molar-refractivity contribution in [2.45, 2.75) is 6.92 Å². The molecule has 1 aromatic carbocycles. The Hall–Kier alpha value is -2.21. The first-order chi connectivity index (χ1) is 10.1. The number of aromatic nitrogens is 3. The number of carbonyl (C=O) groups is 1. The molecule has 2 aromatic heterocycles. The topological polar surface area (TPSA) is 59.8 Å². The lowest BCUT2D eigenvalue weighted by atomic mass is 10.2. The zero-order chi connectivity index (χ0) is 15.0. The van der Waals surface area contributed by atoms with Crippen LogP contribution >= 0.6 is 15.9 Å². The van der Waals surface area contributed by atoms with Gasteiger partial charge in [0.05, 0.1) is 16.9 Å². The normalized spacial score (nSPS) is 10.8. The van der Waals surface area contributed by atoms with Crippen molar-refractivity contribution in [1.82, 2.24) is 14.8 Å². The van der Waals surface area contributed by atoms with E-state index in [2.05, 4.69) is 31.3 Å². The maximum atomic E-state index is 12.4. The summed E-state index contributed by atoms with van der Waals surface area (Å²) in [5, 5.41) is 8.04. The Morgan fingerprint density at radius 3 is 2.86 bits per heavy atom. The predicted molar refractivity (Wildman–Crippen MR) is 85.3 cm³/mol. The maximum Gasteiger partial charge on any atom is 0.273 e. The van der Waals surface area contributed by atoms with Crippen molar-refractivity contribution in [3.8, 4) is 0 Å². The van der Waals surface area contributed by atoms with E-state index in [0.717, 1.165) is 21.1 Å². The number of amides is 1. The first kappa shape index (κ1) is 13.8. The van der Waals surface area contributed by atoms with Crippen molar-refractivity contribution < 1.29 is 4.79 Å². The predicted octanol–water partition coefficient (Wildman–Crippen LogP) is 3.29. The summed E-state index contributed by atoms with van der Waals surface area (Å²) in [5.41, 5.74) is 2.75. The molecule has 0 unspecified atom stereocenters. The van der Waals surface area contributed by atoms with E-state index >= 15 is 0 Å². The number of rotatable bonds is 2. The molecule has 0 spiro atoms. The number of carbonyl (C=O) groups excluding carboxylic acids is 1. The Morgan fingerprint density at radius 1 is 1.33 bits per heavy atom. The summed E-state index contributed by atoms with van der Waals surface area (Å²) in [5.74, 6) is -0.202. The van der Waals surface area contributed by atoms with Crippen LogP contribution in [-0.2, 0) is 7.05 Å². The molecule has 3 aromatic rings. The van der Waals surface area contributed by atoms with Crippen molar-refractivity contribution in [3.05, 3.63) is 52.4 Å². The number of pyridine rings is 1. The van der Waals surface area contributed by atoms with Crippen LogP contribution in [0.2, 0.25) is 0 Å². The van der Waals surface area contributed by atoms with Crippen molar-refractivity contribution in [2.24, 2.45) is 7.05 Å². The van der Waals surface area contributed by atoms with Gasteiger partial charge in [0.15, 0.2) is 0 Å². The van der Waals surface area contributed by atoms with Crippen LogP contribution in [-0.4, -0.2) is 20.7 Å². The minimum absolute atomic E-state index is 0.202. The zero-order valence-electron chi connectivity index (χ0n) is 11.6. The summed E-state index contributed by atoms with van der Waals surface area (Å²) in [6.45, 7) is 1.85. The fraction of sp³-hybridized carbons (Fsp3) is 0.133. The monoisotopic (exact) mass is 344 g/mol. The van der Waals surface area contributed by atoms with Gasteiger partial charge in [-0.05, 0) is 31.2 Å². The standard InChI is InChI=1S/C15H13BrN4O/c1-9-8-13(20(2)19-9)15(21)18-12-6-5-11(16)10-4-3-7-17-14(10)12/h3-8H,1-2H3,(H,18,21). The van der Waals surface area contributed by atoms with Gasteiger partial charge in [0.1, 0.15) is 5.69 Å². The minimum atomic E-state index is -0.202. The molecule has 0 atom stereocenters. The molecule has 2 heterocycles. The van der Waals surface area contributed by atoms with Crippen LogP contribution in [0.1, 0.15) is 16.2 Å². The Balaban J connectivity index is 2.01. The van der Waals surface area contributed by atoms with Crippen molar-refractivity contribution in [2.75, 3.05) is 5.32 Å². The van der Waals surface area contributed by atoms with Crippen LogP contribution in [0.5, 0.6) is 0 Å². The largest absolute Gasteiger partial charge is 0.319 e. The van der Waals surface area contributed by atoms with Gasteiger partial charge < -0.3 is 5.32 Å². The van der Waals surface area contributed by atoms with Crippen molar-refractivity contribution in [1.29, 1.82) is 0 Å². The van der Waals surface area contributed by atoms with E-state index in [1.807, 2.05) is 31.2 Å². The van der Waals surface area contributed by atoms with Crippen LogP contribution in [0.15, 0.2) is 41.0 Å². The number of nitrogens with zero attached hydrogens (tertiary/aromatic N) is 3. The van der Waals surface area contributed by atoms with Crippen molar-refractivity contribution in [3.63, 3.8) is 0 Å². The molecule has 21 heavy (non-hydrogen) atoms. The van der Waals surface area contributed by atoms with Gasteiger partial charge in [-0.25, -0.2) is 0 Å². The summed E-state index contributed by atoms with van der Waals surface area (Å²) in [7, 11) is 1.75. The second-order valence-corrected chi connectivity index (χ2v) is 5.60. The SMILES string of the molecule is Cc1cc(C(=O)Nc2ccc(Br)c3cccnc23)n(C)n1. The van der Waals surface area contributed by atoms with Crippen LogP contribution < -0.4 is 5.32 Å². The molecule has 0 saturated heterocycles. The highest BCUT2D eigenvalue weighted by atomic mass is 79.9. The van der Waals surface area contributed by atoms with Crippen LogP contribution in [0, 0.1) is 6.92 Å². The molecule has 5 nitrogen and oxygen atoms in total. The maximum absolute atomic E-state index is 12.4. The van der Waals surface area contributed by atoms with Gasteiger partial charge >= 0.3 is 0 Å². The zero-order valence-corrected chi connectivity index (χ0v) is 13.2. The van der Waals surface area contributed by atoms with Gasteiger partial charge in [0.2, 0.25) is 0 Å². The number of anilines is 1. The van der Waals surface area contributed by atoms with Gasteiger partial charge in [0.25, 0.3) is 5.91 Å². The molecule has 0 saturated carbocycles. The molecular weight excluding hydrogens is 332 g/mol. The highest BCUT2D eigenvalue weighted by Crippen LogP contribution is 2.28. The minimum Gasteiger partial charge on any atom is -0.319 e. The van der Waals surface area contributed by atoms with Gasteiger partial charge in [-0.3, -0.25) is 14.5 Å². The number of aryl methyl sites for hydroxylation is 2. The molecular formula is C15H13BrN4O. The van der Waals surface area contributed by atoms with E-state index in [1.54, 1.807) is 24.0 Å². The number of nitrogens with one attached hydrogen (secondary N) is 1. The highest BCUT2D eigenvalue weighted by molar-refractivity contribution is 9.10. The number of hydrogen-bond donors (Lipinski definition) is 1. The molecule has 0 fully saturated rings. The molecule has 106 valence electrons. The lowest BCUT2D eigenvalue weighted by Crippen LogP contribution is -2.16. The smallest absolute Gasteiger partial charge is 0.273 e. The lowest BCUT2D eigenvalue weighted by molar-refractivity contribution is 0.101. The third-order valence-electron chi connectivity index (χ3n) is 3.20. The van der Waals surface area contributed by atoms with E-state index < -0.39 is 0 Å². The Kier molecular flexibility index (Phi) is 3.47. The fourth-order valence-electron chi connectivity index (χ4n) is 2.25. The fourth-order valence-corrected chi connectivity index (χ4v) is 2.70. The number of halogens is 1. The average molecular weight is 345 g/mol. The molecule has 6 heteroatoms. The number of fused-ring (bicyclic) bond motifs is 1. The quantitative estimate of drug-likeness (QED) is 0.775. The molecule has 0 bridgehead atoms. The van der Waals surface area contributed by atoms with Gasteiger partial charge in [-0.1, -0.05) is 22.0 Å². The third kappa shape index (κ3) is 2.54. The van der Waals surface area contributed by atoms with Crippen LogP contribution in [0.25, 0.3) is 10.9 Å². The average Bonchev–Trinajstić information content (AvgIpc) is 2.81. The second-order valence-electron chi connectivity index (χ2n) is 4.74. The van der Waals surface area contributed by atoms with E-state index in [1.165, 1.54) is 0 Å². The van der Waals surface area contributed by atoms with E-state index in [9.17, 15) is 4.79 Å². The summed E-state index contributed by atoms with van der Waals surface area (Å²) >= 11 is 3.49. The summed E-state index contributed by atoms with van der Waals surface area (Å²) < 4.78 is 2.51. The molecule has 1 N–H and O–H groups in total. The Bertz CT molecular complexity index is 841. The molecule has 0 radical (unpaired) electrons. The highest BCUT2D eigenvalue weighted by Gasteiger charge is 2.14. The first-order valence-corrected chi connectivity index (χ1v) is 7.21. The lowest BCUT2D eigenvalue weighted by Gasteiger charge is -2.09. The van der Waals surface area contributed by atoms with E-state index in [0.29, 0.717) is 11.4 Å². The summed E-state index contributed by atoms with van der Waals surface area (Å²) in [4.78, 5) is 16.7. The van der Waals surface area contributed by atoms with Crippen LogP contribution in [0.3, 0.4) is 0 Å². The second kappa shape index (κ2) is 5.29. The molecule has 3 rings (SSSR count). The first-order valence-electron chi connectivity index (χ1n) is 6.41. The van der Waals surface area contributed by atoms with E-state index in [4.69, 9.17) is 0 Å². The number of benzene rings is 1. The van der Waals surface area contributed by atoms with Gasteiger partial charge in [-0.2, -0.15) is 5.10 Å². The van der Waals surface area contributed by atoms with Crippen LogP contribution in [0.4, 0.5) is 5.69 Å². The Morgan fingerprint density at radius 2 is 2.14 bits per heavy atom. The third-order valence-corrected chi connectivity index (χ3v) is 3.89. The summed E-state index contributed by atoms with van der Waals surface area (Å²) in [6.07, 6.45) is 1.71. The number of hydrogen-bond acceptors (Lipinski definition) is 3. The molecule has 1 amide bonds.